The number of anilines is 1. The number of nitrogens with zero attached hydrogens (tertiary/aromatic N) is 1. The number of carboxylic acids is 1. The summed E-state index contributed by atoms with van der Waals surface area (Å²) < 4.78 is 27.2. The number of benzene rings is 3. The Hall–Kier alpha value is -4.12. The summed E-state index contributed by atoms with van der Waals surface area (Å²) >= 11 is 0. The van der Waals surface area contributed by atoms with Gasteiger partial charge >= 0.3 is 5.97 Å². The van der Waals surface area contributed by atoms with Crippen molar-refractivity contribution in [3.63, 3.8) is 0 Å². The normalized spacial score (nSPS) is 19.1. The van der Waals surface area contributed by atoms with E-state index in [2.05, 4.69) is 38.2 Å². The number of aliphatic carboxylic acids is 1. The fraction of sp³-hybridized carbons (Fsp3) is 0.429. The van der Waals surface area contributed by atoms with Crippen molar-refractivity contribution >= 4 is 17.6 Å². The number of methoxy groups -OCH3 is 1. The van der Waals surface area contributed by atoms with Gasteiger partial charge in [-0.1, -0.05) is 49.7 Å². The molecule has 1 fully saturated rings. The molecule has 3 atom stereocenters. The van der Waals surface area contributed by atoms with Gasteiger partial charge in [0.2, 0.25) is 12.7 Å². The summed E-state index contributed by atoms with van der Waals surface area (Å²) in [7, 11) is 1.60. The zero-order valence-electron chi connectivity index (χ0n) is 26.3. The largest absolute Gasteiger partial charge is 0.481 e. The number of hydrogen-bond acceptors (Lipinski definition) is 8. The van der Waals surface area contributed by atoms with Crippen LogP contribution in [0.3, 0.4) is 0 Å². The van der Waals surface area contributed by atoms with Crippen molar-refractivity contribution in [1.82, 2.24) is 4.90 Å². The fourth-order valence-corrected chi connectivity index (χ4v) is 6.37. The number of aryl methyl sites for hydroxylation is 3. The summed E-state index contributed by atoms with van der Waals surface area (Å²) in [5.41, 5.74) is 5.79. The van der Waals surface area contributed by atoms with Gasteiger partial charge in [-0.05, 0) is 66.3 Å². The summed E-state index contributed by atoms with van der Waals surface area (Å²) in [6.45, 7) is 7.70. The zero-order valence-corrected chi connectivity index (χ0v) is 26.3. The first kappa shape index (κ1) is 32.3. The maximum atomic E-state index is 13.7. The summed E-state index contributed by atoms with van der Waals surface area (Å²) in [6.07, 6.45) is 1.57. The van der Waals surface area contributed by atoms with E-state index in [1.54, 1.807) is 19.2 Å². The summed E-state index contributed by atoms with van der Waals surface area (Å²) in [6, 6.07) is 16.5. The van der Waals surface area contributed by atoms with Crippen molar-refractivity contribution in [3.8, 4) is 17.2 Å². The second-order valence-corrected chi connectivity index (χ2v) is 11.4. The van der Waals surface area contributed by atoms with E-state index < -0.39 is 23.8 Å². The van der Waals surface area contributed by atoms with Gasteiger partial charge in [0.05, 0.1) is 25.7 Å². The summed E-state index contributed by atoms with van der Waals surface area (Å²) in [4.78, 5) is 28.7. The third-order valence-electron chi connectivity index (χ3n) is 8.49. The van der Waals surface area contributed by atoms with Crippen molar-refractivity contribution in [2.75, 3.05) is 52.3 Å². The maximum Gasteiger partial charge on any atom is 0.309 e. The van der Waals surface area contributed by atoms with Crippen LogP contribution in [0.4, 0.5) is 5.69 Å². The summed E-state index contributed by atoms with van der Waals surface area (Å²) in [5, 5.41) is 13.8. The van der Waals surface area contributed by atoms with Crippen LogP contribution in [0.2, 0.25) is 0 Å². The number of ether oxygens (including phenoxy) is 5. The van der Waals surface area contributed by atoms with Crippen molar-refractivity contribution in [2.45, 2.75) is 45.6 Å². The number of likely N-dealkylation sites (tertiary alicyclic amines) is 1. The van der Waals surface area contributed by atoms with Gasteiger partial charge in [-0.15, -0.1) is 0 Å². The standard InChI is InChI=1S/C35H42N2O8/c1-5-23-15-22(3)16-24(6-2)33(23)36-31(38)19-37-18-28(26-9-12-29-30(17-26)45-21-44-29)32(35(39)40)34(37)25-7-10-27(11-8-25)43-20-42-14-13-41-4/h7-12,15-17,28,32,34H,5-6,13-14,18-21H2,1-4H3,(H,36,38)(H,39,40)/t28-,32?,34+/m1/s1. The number of hydrogen-bond donors (Lipinski definition) is 2. The van der Waals surface area contributed by atoms with E-state index in [4.69, 9.17) is 23.7 Å². The van der Waals surface area contributed by atoms with Gasteiger partial charge in [0, 0.05) is 31.3 Å². The molecule has 3 aromatic rings. The molecule has 2 heterocycles. The summed E-state index contributed by atoms with van der Waals surface area (Å²) in [5.74, 6) is -0.506. The molecule has 2 aliphatic heterocycles. The predicted octanol–water partition coefficient (Wildman–Crippen LogP) is 5.33. The first-order chi connectivity index (χ1) is 21.8. The molecule has 1 amide bonds. The van der Waals surface area contributed by atoms with Crippen LogP contribution in [-0.4, -0.2) is 68.9 Å². The van der Waals surface area contributed by atoms with Crippen LogP contribution in [0.1, 0.15) is 53.6 Å². The smallest absolute Gasteiger partial charge is 0.309 e. The van der Waals surface area contributed by atoms with E-state index in [1.165, 1.54) is 0 Å². The van der Waals surface area contributed by atoms with Crippen LogP contribution < -0.4 is 19.5 Å². The third kappa shape index (κ3) is 7.41. The van der Waals surface area contributed by atoms with E-state index in [0.29, 0.717) is 37.0 Å². The zero-order chi connectivity index (χ0) is 31.9. The second-order valence-electron chi connectivity index (χ2n) is 11.4. The predicted molar refractivity (Wildman–Crippen MR) is 169 cm³/mol. The SMILES string of the molecule is CCc1cc(C)cc(CC)c1NC(=O)CN1C[C@H](c2ccc3c(c2)OCO3)C(C(=O)O)[C@@H]1c1ccc(OCOCCOC)cc1. The van der Waals surface area contributed by atoms with Gasteiger partial charge in [0.15, 0.2) is 18.3 Å². The minimum atomic E-state index is -0.933. The molecule has 2 N–H and O–H groups in total. The van der Waals surface area contributed by atoms with Gasteiger partial charge in [-0.25, -0.2) is 0 Å². The Kier molecular flexibility index (Phi) is 10.6. The third-order valence-corrected chi connectivity index (χ3v) is 8.49. The molecule has 0 aromatic heterocycles. The second kappa shape index (κ2) is 14.8. The van der Waals surface area contributed by atoms with Crippen LogP contribution in [0, 0.1) is 12.8 Å². The topological polar surface area (TPSA) is 116 Å². The Balaban J connectivity index is 1.43. The Morgan fingerprint density at radius 3 is 2.31 bits per heavy atom. The van der Waals surface area contributed by atoms with Gasteiger partial charge in [-0.3, -0.25) is 14.5 Å². The average Bonchev–Trinajstić information content (AvgIpc) is 3.66. The highest BCUT2D eigenvalue weighted by Gasteiger charge is 2.48. The number of nitrogens with one attached hydrogen (secondary N) is 1. The van der Waals surface area contributed by atoms with Crippen LogP contribution in [-0.2, 0) is 31.9 Å². The van der Waals surface area contributed by atoms with Crippen LogP contribution in [0.15, 0.2) is 54.6 Å². The number of amides is 1. The molecule has 2 aliphatic rings. The van der Waals surface area contributed by atoms with Gasteiger partial charge in [-0.2, -0.15) is 0 Å². The fourth-order valence-electron chi connectivity index (χ4n) is 6.37. The molecule has 1 unspecified atom stereocenters. The number of carbonyl (C=O) groups is 2. The van der Waals surface area contributed by atoms with Crippen LogP contribution in [0.5, 0.6) is 17.2 Å². The van der Waals surface area contributed by atoms with E-state index >= 15 is 0 Å². The van der Waals surface area contributed by atoms with Crippen molar-refractivity contribution in [2.24, 2.45) is 5.92 Å². The lowest BCUT2D eigenvalue weighted by Gasteiger charge is -2.27. The minimum Gasteiger partial charge on any atom is -0.481 e. The van der Waals surface area contributed by atoms with Crippen LogP contribution >= 0.6 is 0 Å². The molecule has 10 heteroatoms. The van der Waals surface area contributed by atoms with E-state index in [-0.39, 0.29) is 26.0 Å². The molecule has 0 aliphatic carbocycles. The average molecular weight is 619 g/mol. The molecule has 1 saturated heterocycles. The monoisotopic (exact) mass is 618 g/mol. The maximum absolute atomic E-state index is 13.7. The Bertz CT molecular complexity index is 1470. The van der Waals surface area contributed by atoms with Crippen molar-refractivity contribution in [1.29, 1.82) is 0 Å². The highest BCUT2D eigenvalue weighted by molar-refractivity contribution is 5.94. The number of carbonyl (C=O) groups excluding carboxylic acids is 1. The highest BCUT2D eigenvalue weighted by Crippen LogP contribution is 2.47. The quantitative estimate of drug-likeness (QED) is 0.183. The lowest BCUT2D eigenvalue weighted by molar-refractivity contribution is -0.143. The van der Waals surface area contributed by atoms with Crippen molar-refractivity contribution < 1.29 is 38.4 Å². The van der Waals surface area contributed by atoms with Gasteiger partial charge < -0.3 is 34.1 Å². The molecule has 0 bridgehead atoms. The first-order valence-corrected chi connectivity index (χ1v) is 15.4. The molecule has 5 rings (SSSR count). The molecule has 0 radical (unpaired) electrons. The lowest BCUT2D eigenvalue weighted by Crippen LogP contribution is -2.35. The lowest BCUT2D eigenvalue weighted by atomic mass is 9.82. The molecule has 240 valence electrons. The Morgan fingerprint density at radius 1 is 0.956 bits per heavy atom. The molecule has 0 spiro atoms. The van der Waals surface area contributed by atoms with Crippen molar-refractivity contribution in [3.05, 3.63) is 82.4 Å². The van der Waals surface area contributed by atoms with E-state index in [1.807, 2.05) is 35.2 Å². The number of fused-ring (bicyclic) bond motifs is 1. The van der Waals surface area contributed by atoms with E-state index in [9.17, 15) is 14.7 Å². The molecular formula is C35H42N2O8. The van der Waals surface area contributed by atoms with Gasteiger partial charge in [0.25, 0.3) is 0 Å². The van der Waals surface area contributed by atoms with Gasteiger partial charge in [0.1, 0.15) is 5.75 Å². The molecule has 45 heavy (non-hydrogen) atoms. The highest BCUT2D eigenvalue weighted by atomic mass is 16.7. The molecule has 10 nitrogen and oxygen atoms in total. The molecule has 0 saturated carbocycles. The minimum absolute atomic E-state index is 0.0290. The molecule has 3 aromatic carbocycles. The Labute approximate surface area is 264 Å². The van der Waals surface area contributed by atoms with E-state index in [0.717, 1.165) is 46.3 Å². The molecular weight excluding hydrogens is 576 g/mol. The van der Waals surface area contributed by atoms with Crippen LogP contribution in [0.25, 0.3) is 0 Å². The first-order valence-electron chi connectivity index (χ1n) is 15.4. The number of rotatable bonds is 14. The Morgan fingerprint density at radius 2 is 1.64 bits per heavy atom. The number of carboxylic acid groups (broad SMARTS) is 1.